The molecule has 0 saturated carbocycles. The van der Waals surface area contributed by atoms with E-state index in [0.717, 1.165) is 9.13 Å². The Morgan fingerprint density at radius 3 is 2.79 bits per heavy atom. The zero-order valence-electron chi connectivity index (χ0n) is 7.70. The molecule has 1 radical (unpaired) electrons. The van der Waals surface area contributed by atoms with E-state index in [9.17, 15) is 0 Å². The molecule has 0 spiro atoms. The second-order valence-electron chi connectivity index (χ2n) is 3.44. The van der Waals surface area contributed by atoms with E-state index in [0.29, 0.717) is 0 Å². The Morgan fingerprint density at radius 2 is 1.79 bits per heavy atom. The van der Waals surface area contributed by atoms with Crippen LogP contribution in [0.5, 0.6) is 0 Å². The minimum absolute atomic E-state index is 0.383. The molecule has 1 aliphatic heterocycles. The lowest BCUT2D eigenvalue weighted by Crippen LogP contribution is -2.26. The van der Waals surface area contributed by atoms with Gasteiger partial charge >= 0.3 is 0 Å². The van der Waals surface area contributed by atoms with Gasteiger partial charge in [0, 0.05) is 0 Å². The van der Waals surface area contributed by atoms with E-state index in [4.69, 9.17) is 0 Å². The van der Waals surface area contributed by atoms with E-state index in [1.165, 1.54) is 0 Å². The van der Waals surface area contributed by atoms with Gasteiger partial charge < -0.3 is 0 Å². The number of fused-ring (bicyclic) bond motifs is 2. The van der Waals surface area contributed by atoms with Crippen molar-refractivity contribution in [3.8, 4) is 0 Å². The molecule has 2 aromatic heterocycles. The predicted molar refractivity (Wildman–Crippen MR) is 64.1 cm³/mol. The highest BCUT2D eigenvalue weighted by atomic mass is 28.3. The van der Waals surface area contributed by atoms with Crippen LogP contribution < -0.4 is 4.80 Å². The van der Waals surface area contributed by atoms with Gasteiger partial charge in [-0.05, 0) is 0 Å². The first kappa shape index (κ1) is 8.52. The summed E-state index contributed by atoms with van der Waals surface area (Å²) in [5.74, 6) is 0. The van der Waals surface area contributed by atoms with Crippen LogP contribution in [0.4, 0.5) is 0 Å². The van der Waals surface area contributed by atoms with Gasteiger partial charge in [-0.3, -0.25) is 0 Å². The van der Waals surface area contributed by atoms with Gasteiger partial charge in [-0.25, -0.2) is 0 Å². The van der Waals surface area contributed by atoms with Crippen LogP contribution in [0.1, 0.15) is 0 Å². The van der Waals surface area contributed by atoms with E-state index in [1.54, 1.807) is 9.22 Å². The monoisotopic (exact) mass is 225 g/mol. The molecule has 3 heterocycles. The van der Waals surface area contributed by atoms with Gasteiger partial charge in [-0.15, -0.1) is 0 Å². The van der Waals surface area contributed by atoms with Crippen LogP contribution in [0.25, 0.3) is 0 Å². The summed E-state index contributed by atoms with van der Waals surface area (Å²) in [5, 5.41) is 2.65. The topological polar surface area (TPSA) is 0 Å². The molecule has 14 heavy (non-hydrogen) atoms. The summed E-state index contributed by atoms with van der Waals surface area (Å²) in [4.78, 5) is 1.70. The molecule has 0 fully saturated rings. The maximum Gasteiger partial charge on any atom is 0.0633 e. The summed E-state index contributed by atoms with van der Waals surface area (Å²) in [6.45, 7) is 0. The number of hydrogen-bond donors (Lipinski definition) is 0. The van der Waals surface area contributed by atoms with Crippen LogP contribution in [-0.4, -0.2) is 25.5 Å². The van der Waals surface area contributed by atoms with E-state index < -0.39 is 0 Å². The van der Waals surface area contributed by atoms with Crippen molar-refractivity contribution >= 4 is 30.3 Å². The lowest BCUT2D eigenvalue weighted by Gasteiger charge is -2.03. The summed E-state index contributed by atoms with van der Waals surface area (Å²) in [6.07, 6.45) is 0. The smallest absolute Gasteiger partial charge is 0.0633 e. The zero-order valence-corrected chi connectivity index (χ0v) is 10.7. The van der Waals surface area contributed by atoms with Crippen LogP contribution in [0.2, 0.25) is 0 Å². The Bertz CT molecular complexity index is 548. The number of rotatable bonds is 0. The molecule has 2 aromatic rings. The molecule has 0 bridgehead atoms. The molecule has 0 unspecified atom stereocenters. The molecule has 0 N–H and O–H groups in total. The molecule has 1 aliphatic rings. The third kappa shape index (κ3) is 1.37. The largest absolute Gasteiger partial charge is 0.0855 e. The fourth-order valence-electron chi connectivity index (χ4n) is 1.79. The summed E-state index contributed by atoms with van der Waals surface area (Å²) in [5.41, 5.74) is 4.85. The molecular formula is C11H9Si3. The van der Waals surface area contributed by atoms with Gasteiger partial charge in [0.1, 0.15) is 0 Å². The Labute approximate surface area is 88.0 Å². The van der Waals surface area contributed by atoms with Gasteiger partial charge in [0.2, 0.25) is 0 Å². The van der Waals surface area contributed by atoms with Crippen LogP contribution in [0.3, 0.4) is 0 Å². The molecule has 0 amide bonds. The minimum atomic E-state index is -0.383. The predicted octanol–water partition coefficient (Wildman–Crippen LogP) is 0.848. The Hall–Kier alpha value is -0.779. The summed E-state index contributed by atoms with van der Waals surface area (Å²) < 4.78 is 1.70. The summed E-state index contributed by atoms with van der Waals surface area (Å²) >= 11 is 0. The van der Waals surface area contributed by atoms with Crippen molar-refractivity contribution in [2.75, 3.05) is 0 Å². The number of hydrogen-bond acceptors (Lipinski definition) is 0. The van der Waals surface area contributed by atoms with Gasteiger partial charge in [0.25, 0.3) is 0 Å². The van der Waals surface area contributed by atoms with E-state index >= 15 is 0 Å². The van der Waals surface area contributed by atoms with Crippen molar-refractivity contribution in [2.24, 2.45) is 0 Å². The van der Waals surface area contributed by atoms with Crippen molar-refractivity contribution < 1.29 is 0 Å². The maximum atomic E-state index is 2.65. The first-order valence-electron chi connectivity index (χ1n) is 4.73. The molecule has 65 valence electrons. The van der Waals surface area contributed by atoms with Crippen molar-refractivity contribution in [1.29, 1.82) is 0 Å². The van der Waals surface area contributed by atoms with Crippen molar-refractivity contribution in [3.05, 3.63) is 57.5 Å². The minimum Gasteiger partial charge on any atom is -0.0855 e. The average Bonchev–Trinajstić information content (AvgIpc) is 2.26. The van der Waals surface area contributed by atoms with Crippen LogP contribution in [-0.2, 0) is 0 Å². The molecule has 0 saturated heterocycles. The second kappa shape index (κ2) is 3.42. The Kier molecular flexibility index (Phi) is 2.08. The van der Waals surface area contributed by atoms with Gasteiger partial charge in [-0.1, -0.05) is 62.3 Å². The normalized spacial score (nSPS) is 12.0. The standard InChI is InChI=1S/C11H9Si3/c1-3-7-13-9-14-8-4-2-6-11(14)12-10(13)5-1/h1-9H. The molecule has 0 aliphatic carbocycles. The molecule has 3 rings (SSSR count). The van der Waals surface area contributed by atoms with Gasteiger partial charge in [-0.2, -0.15) is 0 Å². The molecular weight excluding hydrogens is 216 g/mol. The average molecular weight is 225 g/mol. The molecule has 0 aromatic carbocycles. The Morgan fingerprint density at radius 1 is 0.929 bits per heavy atom. The first-order valence-corrected chi connectivity index (χ1v) is 9.04. The second-order valence-corrected chi connectivity index (χ2v) is 10.5. The molecule has 0 nitrogen and oxygen atoms in total. The van der Waals surface area contributed by atoms with E-state index in [-0.39, 0.29) is 16.4 Å². The summed E-state index contributed by atoms with van der Waals surface area (Å²) in [6, 6.07) is 13.5. The highest BCUT2D eigenvalue weighted by Crippen LogP contribution is 1.91. The zero-order chi connectivity index (χ0) is 9.38. The van der Waals surface area contributed by atoms with Crippen molar-refractivity contribution in [1.82, 2.24) is 0 Å². The Balaban J connectivity index is 2.42. The molecule has 0 atom stereocenters. The third-order valence-electron chi connectivity index (χ3n) is 2.50. The fourth-order valence-corrected chi connectivity index (χ4v) is 11.5. The highest BCUT2D eigenvalue weighted by molar-refractivity contribution is 6.85. The first-order chi connectivity index (χ1) is 6.93. The van der Waals surface area contributed by atoms with Crippen LogP contribution in [0, 0.1) is 9.72 Å². The quantitative estimate of drug-likeness (QED) is 0.498. The maximum absolute atomic E-state index is 2.65. The van der Waals surface area contributed by atoms with E-state index in [2.05, 4.69) is 53.0 Å². The van der Waals surface area contributed by atoms with Crippen LogP contribution >= 0.6 is 0 Å². The third-order valence-corrected chi connectivity index (χ3v) is 11.0. The van der Waals surface area contributed by atoms with E-state index in [1.807, 2.05) is 0 Å². The summed E-state index contributed by atoms with van der Waals surface area (Å²) in [7, 11) is 0.212. The molecule has 3 heteroatoms. The lowest BCUT2D eigenvalue weighted by molar-refractivity contribution is 1.80. The SMILES string of the molecule is C1=[si]2ccccc2=[Si]c2cccc[si]21. The van der Waals surface area contributed by atoms with Crippen molar-refractivity contribution in [3.63, 3.8) is 0 Å². The fraction of sp³-hybridized carbons (Fsp3) is 0. The van der Waals surface area contributed by atoms with Gasteiger partial charge in [0.05, 0.1) is 25.5 Å². The van der Waals surface area contributed by atoms with Crippen LogP contribution in [0.15, 0.2) is 47.8 Å². The lowest BCUT2D eigenvalue weighted by atomic mass is 10.6. The van der Waals surface area contributed by atoms with Crippen molar-refractivity contribution in [2.45, 2.75) is 0 Å². The highest BCUT2D eigenvalue weighted by Gasteiger charge is 2.01. The van der Waals surface area contributed by atoms with Gasteiger partial charge in [0.15, 0.2) is 0 Å².